The van der Waals surface area contributed by atoms with Crippen LogP contribution in [0, 0.1) is 6.92 Å². The van der Waals surface area contributed by atoms with Crippen molar-refractivity contribution in [2.24, 2.45) is 0 Å². The van der Waals surface area contributed by atoms with Crippen LogP contribution in [0.2, 0.25) is 0 Å². The molecule has 0 bridgehead atoms. The molecule has 2 aliphatic heterocycles. The molecule has 4 rings (SSSR count). The molecular weight excluding hydrogens is 538 g/mol. The molecule has 34 heavy (non-hydrogen) atoms. The van der Waals surface area contributed by atoms with Crippen molar-refractivity contribution in [3.05, 3.63) is 58.1 Å². The molecule has 2 aromatic rings. The number of halogens is 1. The maximum atomic E-state index is 13.3. The number of amides is 2. The number of thioether (sulfide) groups is 1. The number of sulfonamides is 1. The number of hydrogen-bond acceptors (Lipinski definition) is 5. The van der Waals surface area contributed by atoms with Gasteiger partial charge in [-0.15, -0.1) is 11.8 Å². The third-order valence-electron chi connectivity index (χ3n) is 6.50. The zero-order valence-corrected chi connectivity index (χ0v) is 22.6. The Bertz CT molecular complexity index is 1220. The van der Waals surface area contributed by atoms with E-state index in [0.717, 1.165) is 10.0 Å². The van der Waals surface area contributed by atoms with E-state index in [1.165, 1.54) is 10.4 Å². The number of anilines is 1. The molecule has 2 aliphatic rings. The Morgan fingerprint density at radius 2 is 1.88 bits per heavy atom. The number of carbonyl (C=O) groups is 2. The van der Waals surface area contributed by atoms with Crippen molar-refractivity contribution < 1.29 is 18.0 Å². The maximum absolute atomic E-state index is 13.3. The Balaban J connectivity index is 1.60. The second kappa shape index (κ2) is 9.64. The average Bonchev–Trinajstić information content (AvgIpc) is 3.35. The fourth-order valence-corrected chi connectivity index (χ4v) is 8.36. The molecule has 0 unspecified atom stereocenters. The van der Waals surface area contributed by atoms with Crippen LogP contribution < -0.4 is 5.32 Å². The van der Waals surface area contributed by atoms with E-state index < -0.39 is 20.9 Å². The van der Waals surface area contributed by atoms with Gasteiger partial charge in [0.15, 0.2) is 0 Å². The SMILES string of the molecule is CCN(CC)S(=O)(=O)c1cc(NC(=O)[C@H]2CS[C@@]3(c4ccc(Br)cc4)CCC(=O)N23)ccc1C. The van der Waals surface area contributed by atoms with E-state index in [-0.39, 0.29) is 16.7 Å². The van der Waals surface area contributed by atoms with Crippen LogP contribution in [0.25, 0.3) is 0 Å². The summed E-state index contributed by atoms with van der Waals surface area (Å²) >= 11 is 5.07. The molecule has 0 aliphatic carbocycles. The van der Waals surface area contributed by atoms with Gasteiger partial charge < -0.3 is 10.2 Å². The zero-order chi connectivity index (χ0) is 24.7. The Morgan fingerprint density at radius 1 is 1.21 bits per heavy atom. The molecule has 2 saturated heterocycles. The Morgan fingerprint density at radius 3 is 2.53 bits per heavy atom. The summed E-state index contributed by atoms with van der Waals surface area (Å²) in [6.45, 7) is 6.06. The van der Waals surface area contributed by atoms with Crippen LogP contribution in [0.5, 0.6) is 0 Å². The minimum Gasteiger partial charge on any atom is -0.324 e. The van der Waals surface area contributed by atoms with Crippen LogP contribution in [0.4, 0.5) is 5.69 Å². The van der Waals surface area contributed by atoms with Crippen molar-refractivity contribution >= 4 is 55.2 Å². The van der Waals surface area contributed by atoms with Gasteiger partial charge in [0.25, 0.3) is 0 Å². The zero-order valence-electron chi connectivity index (χ0n) is 19.4. The van der Waals surface area contributed by atoms with Gasteiger partial charge in [-0.1, -0.05) is 48.0 Å². The van der Waals surface area contributed by atoms with Crippen molar-refractivity contribution in [3.63, 3.8) is 0 Å². The van der Waals surface area contributed by atoms with Crippen LogP contribution in [-0.4, -0.2) is 54.3 Å². The molecular formula is C24H28BrN3O4S2. The van der Waals surface area contributed by atoms with E-state index in [9.17, 15) is 18.0 Å². The number of aryl methyl sites for hydroxylation is 1. The molecule has 2 heterocycles. The van der Waals surface area contributed by atoms with Crippen LogP contribution in [0.1, 0.15) is 37.8 Å². The number of fused-ring (bicyclic) bond motifs is 1. The lowest BCUT2D eigenvalue weighted by Gasteiger charge is -2.34. The molecule has 2 atom stereocenters. The van der Waals surface area contributed by atoms with Gasteiger partial charge in [0.1, 0.15) is 10.9 Å². The highest BCUT2D eigenvalue weighted by atomic mass is 79.9. The van der Waals surface area contributed by atoms with Crippen molar-refractivity contribution in [3.8, 4) is 0 Å². The topological polar surface area (TPSA) is 86.8 Å². The normalized spacial score (nSPS) is 22.3. The number of carbonyl (C=O) groups excluding carboxylic acids is 2. The number of nitrogens with one attached hydrogen (secondary N) is 1. The minimum atomic E-state index is -3.67. The summed E-state index contributed by atoms with van der Waals surface area (Å²) < 4.78 is 28.5. The highest BCUT2D eigenvalue weighted by Crippen LogP contribution is 2.54. The second-order valence-electron chi connectivity index (χ2n) is 8.44. The fraction of sp³-hybridized carbons (Fsp3) is 0.417. The lowest BCUT2D eigenvalue weighted by atomic mass is 10.0. The first-order valence-electron chi connectivity index (χ1n) is 11.3. The van der Waals surface area contributed by atoms with Crippen molar-refractivity contribution in [2.75, 3.05) is 24.2 Å². The van der Waals surface area contributed by atoms with E-state index in [4.69, 9.17) is 0 Å². The van der Waals surface area contributed by atoms with Gasteiger partial charge in [-0.3, -0.25) is 9.59 Å². The van der Waals surface area contributed by atoms with E-state index in [0.29, 0.717) is 42.9 Å². The Hall–Kier alpha value is -1.88. The predicted octanol–water partition coefficient (Wildman–Crippen LogP) is 4.32. The second-order valence-corrected chi connectivity index (χ2v) is 12.6. The standard InChI is InChI=1S/C24H28BrN3O4S2/c1-4-27(5-2)34(31,32)21-14-19(11-6-16(21)3)26-23(30)20-15-33-24(13-12-22(29)28(20)24)17-7-9-18(25)10-8-17/h6-11,14,20H,4-5,12-13,15H2,1-3H3,(H,26,30)/t20-,24-/m1/s1. The van der Waals surface area contributed by atoms with Crippen LogP contribution in [0.3, 0.4) is 0 Å². The first-order valence-corrected chi connectivity index (χ1v) is 14.5. The largest absolute Gasteiger partial charge is 0.324 e. The molecule has 1 N–H and O–H groups in total. The summed E-state index contributed by atoms with van der Waals surface area (Å²) in [5, 5.41) is 2.87. The number of benzene rings is 2. The predicted molar refractivity (Wildman–Crippen MR) is 138 cm³/mol. The molecule has 2 amide bonds. The average molecular weight is 567 g/mol. The molecule has 10 heteroatoms. The molecule has 0 radical (unpaired) electrons. The number of nitrogens with zero attached hydrogens (tertiary/aromatic N) is 2. The highest BCUT2D eigenvalue weighted by molar-refractivity contribution is 9.10. The maximum Gasteiger partial charge on any atom is 0.248 e. The summed E-state index contributed by atoms with van der Waals surface area (Å²) in [5.74, 6) is 0.128. The van der Waals surface area contributed by atoms with E-state index in [2.05, 4.69) is 21.2 Å². The summed E-state index contributed by atoms with van der Waals surface area (Å²) in [6.07, 6.45) is 1.04. The molecule has 0 aromatic heterocycles. The Labute approximate surface area is 213 Å². The third kappa shape index (κ3) is 4.29. The molecule has 7 nitrogen and oxygen atoms in total. The highest BCUT2D eigenvalue weighted by Gasteiger charge is 2.56. The van der Waals surface area contributed by atoms with E-state index >= 15 is 0 Å². The lowest BCUT2D eigenvalue weighted by Crippen LogP contribution is -2.48. The summed E-state index contributed by atoms with van der Waals surface area (Å²) in [5.41, 5.74) is 2.02. The molecule has 0 spiro atoms. The van der Waals surface area contributed by atoms with Gasteiger partial charge in [-0.05, 0) is 48.7 Å². The Kier molecular flexibility index (Phi) is 7.15. The quantitative estimate of drug-likeness (QED) is 0.540. The van der Waals surface area contributed by atoms with Gasteiger partial charge in [0.2, 0.25) is 21.8 Å². The monoisotopic (exact) mass is 565 g/mol. The number of hydrogen-bond donors (Lipinski definition) is 1. The van der Waals surface area contributed by atoms with E-state index in [1.807, 2.05) is 24.3 Å². The minimum absolute atomic E-state index is 0.0400. The molecule has 182 valence electrons. The third-order valence-corrected chi connectivity index (χ3v) is 10.8. The lowest BCUT2D eigenvalue weighted by molar-refractivity contribution is -0.136. The van der Waals surface area contributed by atoms with Gasteiger partial charge in [0.05, 0.1) is 4.90 Å². The smallest absolute Gasteiger partial charge is 0.248 e. The van der Waals surface area contributed by atoms with Gasteiger partial charge in [-0.25, -0.2) is 8.42 Å². The van der Waals surface area contributed by atoms with Gasteiger partial charge in [0, 0.05) is 35.4 Å². The van der Waals surface area contributed by atoms with E-state index in [1.54, 1.807) is 49.6 Å². The van der Waals surface area contributed by atoms with Crippen LogP contribution in [0.15, 0.2) is 51.8 Å². The van der Waals surface area contributed by atoms with Crippen molar-refractivity contribution in [1.29, 1.82) is 0 Å². The van der Waals surface area contributed by atoms with Crippen LogP contribution >= 0.6 is 27.7 Å². The summed E-state index contributed by atoms with van der Waals surface area (Å²) in [7, 11) is -3.67. The molecule has 2 fully saturated rings. The van der Waals surface area contributed by atoms with Crippen molar-refractivity contribution in [2.45, 2.75) is 49.4 Å². The number of rotatable bonds is 7. The first-order chi connectivity index (χ1) is 16.1. The van der Waals surface area contributed by atoms with Crippen molar-refractivity contribution in [1.82, 2.24) is 9.21 Å². The summed E-state index contributed by atoms with van der Waals surface area (Å²) in [6, 6.07) is 12.2. The first kappa shape index (κ1) is 25.2. The van der Waals surface area contributed by atoms with Gasteiger partial charge in [-0.2, -0.15) is 4.31 Å². The van der Waals surface area contributed by atoms with Crippen LogP contribution in [-0.2, 0) is 24.5 Å². The molecule has 0 saturated carbocycles. The molecule has 2 aromatic carbocycles. The van der Waals surface area contributed by atoms with Gasteiger partial charge >= 0.3 is 0 Å². The summed E-state index contributed by atoms with van der Waals surface area (Å²) in [4.78, 5) is 27.6. The fourth-order valence-electron chi connectivity index (χ4n) is 4.73.